The van der Waals surface area contributed by atoms with E-state index in [1.807, 2.05) is 6.07 Å². The van der Waals surface area contributed by atoms with Gasteiger partial charge in [0.15, 0.2) is 5.78 Å². The Morgan fingerprint density at radius 3 is 3.12 bits per heavy atom. The first-order chi connectivity index (χ1) is 8.34. The molecule has 1 aliphatic carbocycles. The molecule has 1 fully saturated rings. The van der Waals surface area contributed by atoms with Gasteiger partial charge in [0.05, 0.1) is 0 Å². The number of thioether (sulfide) groups is 2. The van der Waals surface area contributed by atoms with Crippen LogP contribution in [-0.2, 0) is 13.0 Å². The molecule has 0 N–H and O–H groups in total. The van der Waals surface area contributed by atoms with E-state index in [9.17, 15) is 4.79 Å². The van der Waals surface area contributed by atoms with Crippen LogP contribution in [0.1, 0.15) is 28.9 Å². The second-order valence-corrected chi connectivity index (χ2v) is 7.23. The molecule has 4 heteroatoms. The fourth-order valence-corrected chi connectivity index (χ4v) is 5.29. The molecule has 0 saturated carbocycles. The molecule has 0 bridgehead atoms. The maximum Gasteiger partial charge on any atom is 0.164 e. The van der Waals surface area contributed by atoms with Crippen LogP contribution in [0.25, 0.3) is 0 Å². The van der Waals surface area contributed by atoms with Gasteiger partial charge in [-0.2, -0.15) is 23.5 Å². The standard InChI is InChI=1S/C13H17NOS2/c15-13-3-1-2-12-11(13)4-5-14(12)8-10-9-16-6-7-17-10/h4-5,10H,1-3,6-9H2. The third-order valence-electron chi connectivity index (χ3n) is 3.48. The zero-order chi connectivity index (χ0) is 11.7. The SMILES string of the molecule is O=C1CCCc2c1ccn2CC1CSCCS1. The summed E-state index contributed by atoms with van der Waals surface area (Å²) in [6, 6.07) is 2.03. The monoisotopic (exact) mass is 267 g/mol. The summed E-state index contributed by atoms with van der Waals surface area (Å²) in [7, 11) is 0. The maximum atomic E-state index is 11.8. The summed E-state index contributed by atoms with van der Waals surface area (Å²) in [5.41, 5.74) is 2.28. The highest BCUT2D eigenvalue weighted by atomic mass is 32.2. The van der Waals surface area contributed by atoms with Crippen molar-refractivity contribution in [2.75, 3.05) is 17.3 Å². The van der Waals surface area contributed by atoms with Crippen molar-refractivity contribution >= 4 is 29.3 Å². The number of hydrogen-bond acceptors (Lipinski definition) is 3. The Bertz CT molecular complexity index is 421. The van der Waals surface area contributed by atoms with Crippen LogP contribution in [-0.4, -0.2) is 32.9 Å². The van der Waals surface area contributed by atoms with Crippen LogP contribution in [0, 0.1) is 0 Å². The van der Waals surface area contributed by atoms with Crippen LogP contribution in [0.15, 0.2) is 12.3 Å². The third kappa shape index (κ3) is 2.43. The Hall–Kier alpha value is -0.350. The van der Waals surface area contributed by atoms with Gasteiger partial charge < -0.3 is 4.57 Å². The number of fused-ring (bicyclic) bond motifs is 1. The van der Waals surface area contributed by atoms with Gasteiger partial charge in [-0.3, -0.25) is 4.79 Å². The van der Waals surface area contributed by atoms with Crippen molar-refractivity contribution in [2.45, 2.75) is 31.1 Å². The van der Waals surface area contributed by atoms with Gasteiger partial charge in [-0.05, 0) is 18.9 Å². The molecule has 0 spiro atoms. The van der Waals surface area contributed by atoms with E-state index in [4.69, 9.17) is 0 Å². The highest BCUT2D eigenvalue weighted by Crippen LogP contribution is 2.28. The number of Topliss-reactive ketones (excluding diaryl/α,β-unsaturated/α-hetero) is 1. The van der Waals surface area contributed by atoms with Gasteiger partial charge in [0.2, 0.25) is 0 Å². The first kappa shape index (κ1) is 11.7. The Morgan fingerprint density at radius 2 is 2.29 bits per heavy atom. The number of ketones is 1. The van der Waals surface area contributed by atoms with Crippen molar-refractivity contribution in [3.05, 3.63) is 23.5 Å². The summed E-state index contributed by atoms with van der Waals surface area (Å²) in [6.07, 6.45) is 4.97. The molecule has 3 rings (SSSR count). The lowest BCUT2D eigenvalue weighted by molar-refractivity contribution is 0.0972. The average Bonchev–Trinajstić information content (AvgIpc) is 2.76. The van der Waals surface area contributed by atoms with Gasteiger partial charge in [0.1, 0.15) is 0 Å². The molecule has 2 aliphatic rings. The smallest absolute Gasteiger partial charge is 0.164 e. The minimum atomic E-state index is 0.343. The largest absolute Gasteiger partial charge is 0.350 e. The number of nitrogens with zero attached hydrogens (tertiary/aromatic N) is 1. The van der Waals surface area contributed by atoms with Gasteiger partial charge in [-0.25, -0.2) is 0 Å². The predicted molar refractivity (Wildman–Crippen MR) is 75.3 cm³/mol. The van der Waals surface area contributed by atoms with Crippen LogP contribution in [0.3, 0.4) is 0 Å². The summed E-state index contributed by atoms with van der Waals surface area (Å²) in [4.78, 5) is 11.8. The number of rotatable bonds is 2. The lowest BCUT2D eigenvalue weighted by Gasteiger charge is -2.23. The van der Waals surface area contributed by atoms with E-state index in [1.165, 1.54) is 23.0 Å². The van der Waals surface area contributed by atoms with Crippen LogP contribution in [0.4, 0.5) is 0 Å². The molecule has 1 aromatic heterocycles. The van der Waals surface area contributed by atoms with Crippen molar-refractivity contribution in [2.24, 2.45) is 0 Å². The van der Waals surface area contributed by atoms with Crippen molar-refractivity contribution < 1.29 is 4.79 Å². The normalized spacial score (nSPS) is 24.7. The Labute approximate surface area is 111 Å². The van der Waals surface area contributed by atoms with Crippen molar-refractivity contribution in [1.29, 1.82) is 0 Å². The number of aromatic nitrogens is 1. The first-order valence-corrected chi connectivity index (χ1v) is 8.45. The lowest BCUT2D eigenvalue weighted by atomic mass is 9.97. The summed E-state index contributed by atoms with van der Waals surface area (Å²) < 4.78 is 2.33. The van der Waals surface area contributed by atoms with Crippen molar-refractivity contribution in [3.63, 3.8) is 0 Å². The van der Waals surface area contributed by atoms with Crippen LogP contribution in [0.2, 0.25) is 0 Å². The second kappa shape index (κ2) is 5.11. The molecule has 0 aromatic carbocycles. The van der Waals surface area contributed by atoms with Crippen LogP contribution >= 0.6 is 23.5 Å². The summed E-state index contributed by atoms with van der Waals surface area (Å²) in [5.74, 6) is 4.17. The fraction of sp³-hybridized carbons (Fsp3) is 0.615. The lowest BCUT2D eigenvalue weighted by Crippen LogP contribution is -2.22. The van der Waals surface area contributed by atoms with Crippen molar-refractivity contribution in [3.8, 4) is 0 Å². The molecule has 1 aromatic rings. The highest BCUT2D eigenvalue weighted by Gasteiger charge is 2.22. The van der Waals surface area contributed by atoms with Crippen molar-refractivity contribution in [1.82, 2.24) is 4.57 Å². The zero-order valence-electron chi connectivity index (χ0n) is 9.85. The van der Waals surface area contributed by atoms with Gasteiger partial charge >= 0.3 is 0 Å². The molecule has 0 amide bonds. The van der Waals surface area contributed by atoms with Gasteiger partial charge in [-0.1, -0.05) is 0 Å². The molecule has 17 heavy (non-hydrogen) atoms. The zero-order valence-corrected chi connectivity index (χ0v) is 11.5. The van der Waals surface area contributed by atoms with Crippen LogP contribution in [0.5, 0.6) is 0 Å². The van der Waals surface area contributed by atoms with E-state index in [2.05, 4.69) is 34.3 Å². The average molecular weight is 267 g/mol. The van der Waals surface area contributed by atoms with Gasteiger partial charge in [0, 0.05) is 52.9 Å². The minimum absolute atomic E-state index is 0.343. The molecular formula is C13H17NOS2. The molecule has 2 heterocycles. The van der Waals surface area contributed by atoms with E-state index in [1.54, 1.807) is 0 Å². The van der Waals surface area contributed by atoms with E-state index in [0.29, 0.717) is 5.78 Å². The number of hydrogen-bond donors (Lipinski definition) is 0. The molecular weight excluding hydrogens is 250 g/mol. The quantitative estimate of drug-likeness (QED) is 0.822. The molecule has 1 saturated heterocycles. The molecule has 0 radical (unpaired) electrons. The number of carbonyl (C=O) groups excluding carboxylic acids is 1. The summed E-state index contributed by atoms with van der Waals surface area (Å²) >= 11 is 4.15. The highest BCUT2D eigenvalue weighted by molar-refractivity contribution is 8.06. The molecule has 1 aliphatic heterocycles. The maximum absolute atomic E-state index is 11.8. The first-order valence-electron chi connectivity index (χ1n) is 6.25. The van der Waals surface area contributed by atoms with Gasteiger partial charge in [0.25, 0.3) is 0 Å². The topological polar surface area (TPSA) is 22.0 Å². The second-order valence-electron chi connectivity index (χ2n) is 4.67. The molecule has 1 unspecified atom stereocenters. The van der Waals surface area contributed by atoms with Gasteiger partial charge in [-0.15, -0.1) is 0 Å². The Balaban J connectivity index is 1.77. The molecule has 2 nitrogen and oxygen atoms in total. The van der Waals surface area contributed by atoms with Crippen LogP contribution < -0.4 is 0 Å². The van der Waals surface area contributed by atoms with E-state index in [-0.39, 0.29) is 0 Å². The molecule has 92 valence electrons. The van der Waals surface area contributed by atoms with E-state index in [0.717, 1.165) is 36.6 Å². The number of carbonyl (C=O) groups is 1. The minimum Gasteiger partial charge on any atom is -0.350 e. The summed E-state index contributed by atoms with van der Waals surface area (Å²) in [6.45, 7) is 1.08. The van der Waals surface area contributed by atoms with E-state index >= 15 is 0 Å². The predicted octanol–water partition coefficient (Wildman–Crippen LogP) is 2.86. The summed E-state index contributed by atoms with van der Waals surface area (Å²) in [5, 5.41) is 0.724. The Morgan fingerprint density at radius 1 is 1.35 bits per heavy atom. The van der Waals surface area contributed by atoms with E-state index < -0.39 is 0 Å². The molecule has 1 atom stereocenters. The fourth-order valence-electron chi connectivity index (χ4n) is 2.62. The Kier molecular flexibility index (Phi) is 3.52. The third-order valence-corrected chi connectivity index (χ3v) is 6.31.